The molecule has 0 bridgehead atoms. The number of hydrogen-bond acceptors (Lipinski definition) is 6. The van der Waals surface area contributed by atoms with Gasteiger partial charge in [0, 0.05) is 48.9 Å². The maximum Gasteiger partial charge on any atom is 0.410 e. The maximum atomic E-state index is 12.8. The van der Waals surface area contributed by atoms with Gasteiger partial charge in [-0.3, -0.25) is 0 Å². The van der Waals surface area contributed by atoms with Crippen LogP contribution in [0.2, 0.25) is 5.02 Å². The first-order valence-electron chi connectivity index (χ1n) is 13.0. The Bertz CT molecular complexity index is 1400. The summed E-state index contributed by atoms with van der Waals surface area (Å²) in [6.07, 6.45) is 2.63. The number of carbonyl (C=O) groups excluding carboxylic acids is 1. The first kappa shape index (κ1) is 26.8. The van der Waals surface area contributed by atoms with Crippen molar-refractivity contribution in [2.75, 3.05) is 42.2 Å². The normalized spacial score (nSPS) is 18.9. The molecule has 2 aromatic carbocycles. The van der Waals surface area contributed by atoms with Crippen LogP contribution in [0.3, 0.4) is 0 Å². The number of hydrogen-bond donors (Lipinski definition) is 0. The van der Waals surface area contributed by atoms with Crippen molar-refractivity contribution in [2.24, 2.45) is 0 Å². The van der Waals surface area contributed by atoms with Crippen molar-refractivity contribution in [3.8, 4) is 0 Å². The Balaban J connectivity index is 1.44. The van der Waals surface area contributed by atoms with Crippen LogP contribution >= 0.6 is 22.1 Å². The van der Waals surface area contributed by atoms with Gasteiger partial charge in [0.05, 0.1) is 17.3 Å². The van der Waals surface area contributed by atoms with Gasteiger partial charge in [-0.15, -0.1) is 10.5 Å². The van der Waals surface area contributed by atoms with Gasteiger partial charge in [-0.05, 0) is 57.9 Å². The monoisotopic (exact) mass is 553 g/mol. The lowest BCUT2D eigenvalue weighted by atomic mass is 10.0. The van der Waals surface area contributed by atoms with E-state index < -0.39 is 5.60 Å². The van der Waals surface area contributed by atoms with Crippen molar-refractivity contribution < 1.29 is 9.53 Å². The molecular weight excluding hydrogens is 518 g/mol. The van der Waals surface area contributed by atoms with Crippen molar-refractivity contribution >= 4 is 56.3 Å². The van der Waals surface area contributed by atoms with E-state index in [2.05, 4.69) is 53.1 Å². The molecule has 3 heterocycles. The van der Waals surface area contributed by atoms with E-state index in [1.807, 2.05) is 37.8 Å². The molecule has 5 rings (SSSR count). The number of benzene rings is 2. The minimum Gasteiger partial charge on any atom is -0.444 e. The molecule has 2 aliphatic rings. The van der Waals surface area contributed by atoms with Crippen molar-refractivity contribution in [3.05, 3.63) is 52.7 Å². The third kappa shape index (κ3) is 5.34. The van der Waals surface area contributed by atoms with Gasteiger partial charge in [0.25, 0.3) is 0 Å². The quantitative estimate of drug-likeness (QED) is 0.294. The molecule has 1 fully saturated rings. The Morgan fingerprint density at radius 2 is 1.84 bits per heavy atom. The van der Waals surface area contributed by atoms with E-state index in [-0.39, 0.29) is 22.6 Å². The lowest BCUT2D eigenvalue weighted by Gasteiger charge is -2.42. The van der Waals surface area contributed by atoms with Crippen LogP contribution in [-0.2, 0) is 17.7 Å². The summed E-state index contributed by atoms with van der Waals surface area (Å²) in [6, 6.07) is 12.4. The maximum absolute atomic E-state index is 12.8. The number of nitrogens with zero attached hydrogens (tertiary/aromatic N) is 5. The second-order valence-corrected chi connectivity index (χ2v) is 13.2. The fraction of sp³-hybridized carbons (Fsp3) is 0.448. The van der Waals surface area contributed by atoms with E-state index in [9.17, 15) is 4.79 Å². The Labute approximate surface area is 232 Å². The average molecular weight is 554 g/mol. The molecular formula is C29H36ClN5O2S. The number of piperazine rings is 1. The molecule has 1 saturated heterocycles. The Morgan fingerprint density at radius 3 is 2.53 bits per heavy atom. The van der Waals surface area contributed by atoms with Crippen molar-refractivity contribution in [2.45, 2.75) is 57.5 Å². The molecule has 1 amide bonds. The van der Waals surface area contributed by atoms with Crippen molar-refractivity contribution in [1.82, 2.24) is 14.9 Å². The van der Waals surface area contributed by atoms with Gasteiger partial charge >= 0.3 is 6.09 Å². The number of ether oxygens (including phenoxy) is 1. The highest BCUT2D eigenvalue weighted by molar-refractivity contribution is 8.13. The lowest BCUT2D eigenvalue weighted by Crippen LogP contribution is -2.55. The number of carbonyl (C=O) groups is 1. The van der Waals surface area contributed by atoms with Crippen molar-refractivity contribution in [1.29, 1.82) is 0 Å². The molecule has 0 aliphatic carbocycles. The summed E-state index contributed by atoms with van der Waals surface area (Å²) in [7, 11) is -0.331. The minimum atomic E-state index is -0.514. The lowest BCUT2D eigenvalue weighted by molar-refractivity contribution is 0.0158. The fourth-order valence-corrected chi connectivity index (χ4v) is 6.08. The number of rotatable bonds is 3. The molecule has 7 nitrogen and oxygen atoms in total. The number of amides is 1. The summed E-state index contributed by atoms with van der Waals surface area (Å²) in [5.74, 6) is 5.23. The summed E-state index contributed by atoms with van der Waals surface area (Å²) in [5, 5.41) is 3.75. The predicted octanol–water partition coefficient (Wildman–Crippen LogP) is 5.98. The smallest absolute Gasteiger partial charge is 0.410 e. The Hall–Kier alpha value is -2.84. The Kier molecular flexibility index (Phi) is 7.31. The minimum absolute atomic E-state index is 0.00482. The van der Waals surface area contributed by atoms with Crippen LogP contribution in [0, 0.1) is 0 Å². The van der Waals surface area contributed by atoms with E-state index in [1.165, 1.54) is 5.56 Å². The van der Waals surface area contributed by atoms with Crippen LogP contribution in [-0.4, -0.2) is 70.9 Å². The highest BCUT2D eigenvalue weighted by Crippen LogP contribution is 2.37. The van der Waals surface area contributed by atoms with Gasteiger partial charge in [0.2, 0.25) is 0 Å². The molecule has 0 N–H and O–H groups in total. The van der Waals surface area contributed by atoms with Crippen LogP contribution in [0.1, 0.15) is 39.0 Å². The highest BCUT2D eigenvalue weighted by Gasteiger charge is 2.34. The van der Waals surface area contributed by atoms with Crippen LogP contribution in [0.25, 0.3) is 10.8 Å². The van der Waals surface area contributed by atoms with Crippen LogP contribution < -0.4 is 9.80 Å². The zero-order valence-electron chi connectivity index (χ0n) is 22.8. The summed E-state index contributed by atoms with van der Waals surface area (Å²) in [4.78, 5) is 29.3. The van der Waals surface area contributed by atoms with Gasteiger partial charge in [-0.2, -0.15) is 0 Å². The summed E-state index contributed by atoms with van der Waals surface area (Å²) >= 11 is 6.66. The molecule has 2 aliphatic heterocycles. The molecule has 1 aromatic heterocycles. The predicted molar refractivity (Wildman–Crippen MR) is 159 cm³/mol. The molecule has 9 heteroatoms. The third-order valence-electron chi connectivity index (χ3n) is 7.06. The number of halogens is 1. The number of aromatic nitrogens is 2. The summed E-state index contributed by atoms with van der Waals surface area (Å²) < 4.78 is 5.64. The zero-order valence-corrected chi connectivity index (χ0v) is 24.4. The average Bonchev–Trinajstić information content (AvgIpc) is 2.86. The van der Waals surface area contributed by atoms with Crippen molar-refractivity contribution in [3.63, 3.8) is 0 Å². The van der Waals surface area contributed by atoms with Crippen LogP contribution in [0.4, 0.5) is 16.3 Å². The SMILES string of the molecule is C=S(C)c1nc2c(c(N3CCN(C(=O)OC(C)(C)C)[C@@H](C)C3)n1)CCN(c1cccc3cccc(Cl)c13)C2. The largest absolute Gasteiger partial charge is 0.444 e. The molecule has 202 valence electrons. The van der Waals surface area contributed by atoms with Gasteiger partial charge in [-0.25, -0.2) is 14.8 Å². The van der Waals surface area contributed by atoms with Crippen LogP contribution in [0.5, 0.6) is 0 Å². The molecule has 1 unspecified atom stereocenters. The molecule has 2 atom stereocenters. The van der Waals surface area contributed by atoms with Gasteiger partial charge in [-0.1, -0.05) is 41.7 Å². The van der Waals surface area contributed by atoms with E-state index in [1.54, 1.807) is 0 Å². The van der Waals surface area contributed by atoms with E-state index >= 15 is 0 Å². The van der Waals surface area contributed by atoms with E-state index in [4.69, 9.17) is 26.3 Å². The highest BCUT2D eigenvalue weighted by atomic mass is 35.5. The number of anilines is 2. The molecule has 38 heavy (non-hydrogen) atoms. The van der Waals surface area contributed by atoms with E-state index in [0.29, 0.717) is 26.2 Å². The first-order chi connectivity index (χ1) is 18.0. The molecule has 0 radical (unpaired) electrons. The second kappa shape index (κ2) is 10.4. The summed E-state index contributed by atoms with van der Waals surface area (Å²) in [6.45, 7) is 11.3. The molecule has 3 aromatic rings. The van der Waals surface area contributed by atoms with E-state index in [0.717, 1.165) is 51.1 Å². The third-order valence-corrected chi connectivity index (χ3v) is 8.18. The summed E-state index contributed by atoms with van der Waals surface area (Å²) in [5.41, 5.74) is 2.86. The molecule has 0 spiro atoms. The first-order valence-corrected chi connectivity index (χ1v) is 15.2. The van der Waals surface area contributed by atoms with Gasteiger partial charge < -0.3 is 19.4 Å². The zero-order chi connectivity index (χ0) is 27.2. The number of fused-ring (bicyclic) bond motifs is 2. The Morgan fingerprint density at radius 1 is 1.11 bits per heavy atom. The van der Waals surface area contributed by atoms with Gasteiger partial charge in [0.15, 0.2) is 5.16 Å². The topological polar surface area (TPSA) is 61.8 Å². The second-order valence-electron chi connectivity index (χ2n) is 11.1. The fourth-order valence-electron chi connectivity index (χ4n) is 5.29. The molecule has 0 saturated carbocycles. The van der Waals surface area contributed by atoms with Gasteiger partial charge in [0.1, 0.15) is 11.4 Å². The van der Waals surface area contributed by atoms with Crippen LogP contribution in [0.15, 0.2) is 41.6 Å². The standard InChI is InChI=1S/C29H36ClN5O2S/c1-19-17-34(15-16-35(19)28(36)37-29(2,3)4)26-21-13-14-33(18-23(21)31-27(32-26)38(5)6)24-12-8-10-20-9-7-11-22(30)25(20)24/h7-12,19H,5,13-18H2,1-4,6H3/t19-,38?/m0/s1.